The second-order valence-corrected chi connectivity index (χ2v) is 7.74. The fourth-order valence-electron chi connectivity index (χ4n) is 2.04. The lowest BCUT2D eigenvalue weighted by Crippen LogP contribution is -2.22. The second-order valence-electron chi connectivity index (χ2n) is 5.54. The van der Waals surface area contributed by atoms with Crippen LogP contribution < -0.4 is 10.6 Å². The molecule has 3 N–H and O–H groups in total. The summed E-state index contributed by atoms with van der Waals surface area (Å²) in [6.45, 7) is 1.75. The van der Waals surface area contributed by atoms with Gasteiger partial charge in [-0.25, -0.2) is 4.79 Å². The minimum absolute atomic E-state index is 0.231. The minimum atomic E-state index is -1.20. The molecular weight excluding hydrogens is 423 g/mol. The summed E-state index contributed by atoms with van der Waals surface area (Å²) in [6.07, 6.45) is 1.68. The van der Waals surface area contributed by atoms with Gasteiger partial charge in [0.15, 0.2) is 0 Å². The molecule has 146 valence electrons. The van der Waals surface area contributed by atoms with E-state index in [0.717, 1.165) is 17.0 Å². The van der Waals surface area contributed by atoms with Gasteiger partial charge < -0.3 is 15.7 Å². The molecule has 0 saturated heterocycles. The van der Waals surface area contributed by atoms with Crippen LogP contribution in [-0.2, 0) is 14.4 Å². The van der Waals surface area contributed by atoms with Crippen LogP contribution in [0, 0.1) is 0 Å². The third kappa shape index (κ3) is 6.60. The average molecular weight is 439 g/mol. The van der Waals surface area contributed by atoms with Gasteiger partial charge in [-0.3, -0.25) is 9.59 Å². The van der Waals surface area contributed by atoms with Gasteiger partial charge in [-0.15, -0.1) is 11.8 Å². The summed E-state index contributed by atoms with van der Waals surface area (Å²) in [4.78, 5) is 35.1. The fraction of sp³-hybridized carbons (Fsp3) is 0.105. The Morgan fingerprint density at radius 1 is 1.04 bits per heavy atom. The molecule has 0 fully saturated rings. The number of anilines is 2. The molecule has 0 aromatic heterocycles. The Kier molecular flexibility index (Phi) is 7.92. The number of benzene rings is 2. The Hall–Kier alpha value is -2.48. The first kappa shape index (κ1) is 21.8. The smallest absolute Gasteiger partial charge is 0.328 e. The molecule has 0 aliphatic heterocycles. The first-order valence-electron chi connectivity index (χ1n) is 8.00. The Labute approximate surface area is 175 Å². The molecular formula is C19H16Cl2N2O4S. The van der Waals surface area contributed by atoms with Crippen LogP contribution in [0.2, 0.25) is 10.0 Å². The number of thioether (sulfide) groups is 1. The average Bonchev–Trinajstić information content (AvgIpc) is 2.65. The number of hydrogen-bond acceptors (Lipinski definition) is 4. The summed E-state index contributed by atoms with van der Waals surface area (Å²) in [7, 11) is 0. The van der Waals surface area contributed by atoms with Crippen LogP contribution in [0.1, 0.15) is 6.92 Å². The van der Waals surface area contributed by atoms with E-state index in [1.807, 2.05) is 0 Å². The minimum Gasteiger partial charge on any atom is -0.478 e. The van der Waals surface area contributed by atoms with Crippen molar-refractivity contribution in [3.8, 4) is 0 Å². The third-order valence-corrected chi connectivity index (χ3v) is 5.32. The van der Waals surface area contributed by atoms with Crippen LogP contribution in [0.4, 0.5) is 11.4 Å². The van der Waals surface area contributed by atoms with Gasteiger partial charge in [-0.05, 0) is 43.3 Å². The highest BCUT2D eigenvalue weighted by Gasteiger charge is 2.16. The van der Waals surface area contributed by atoms with Crippen molar-refractivity contribution in [1.82, 2.24) is 0 Å². The summed E-state index contributed by atoms with van der Waals surface area (Å²) in [6, 6.07) is 11.8. The van der Waals surface area contributed by atoms with Crippen molar-refractivity contribution in [1.29, 1.82) is 0 Å². The van der Waals surface area contributed by atoms with Crippen molar-refractivity contribution in [3.63, 3.8) is 0 Å². The van der Waals surface area contributed by atoms with Gasteiger partial charge in [0.2, 0.25) is 11.8 Å². The standard InChI is InChI=1S/C19H16Cl2N2O4S/c1-11(19(27)23-15-4-2-3-14(20)18(15)21)28-13-7-5-12(6-8-13)22-16(24)9-10-17(25)26/h2-11H,1H3,(H,22,24)(H,23,27)(H,25,26)/b10-9+. The lowest BCUT2D eigenvalue weighted by molar-refractivity contribution is -0.131. The molecule has 1 unspecified atom stereocenters. The number of halogens is 2. The van der Waals surface area contributed by atoms with E-state index in [2.05, 4.69) is 10.6 Å². The summed E-state index contributed by atoms with van der Waals surface area (Å²) >= 11 is 13.3. The molecule has 2 aromatic carbocycles. The van der Waals surface area contributed by atoms with Gasteiger partial charge in [0.25, 0.3) is 0 Å². The molecule has 0 spiro atoms. The van der Waals surface area contributed by atoms with E-state index in [1.54, 1.807) is 49.4 Å². The SMILES string of the molecule is CC(Sc1ccc(NC(=O)/C=C/C(=O)O)cc1)C(=O)Nc1cccc(Cl)c1Cl. The van der Waals surface area contributed by atoms with Gasteiger partial charge in [0.05, 0.1) is 21.0 Å². The zero-order valence-electron chi connectivity index (χ0n) is 14.6. The number of carbonyl (C=O) groups excluding carboxylic acids is 2. The van der Waals surface area contributed by atoms with Crippen molar-refractivity contribution < 1.29 is 19.5 Å². The van der Waals surface area contributed by atoms with Crippen molar-refractivity contribution in [2.75, 3.05) is 10.6 Å². The number of carboxylic acid groups (broad SMARTS) is 1. The highest BCUT2D eigenvalue weighted by atomic mass is 35.5. The Morgan fingerprint density at radius 2 is 1.71 bits per heavy atom. The Bertz CT molecular complexity index is 917. The number of hydrogen-bond donors (Lipinski definition) is 3. The first-order chi connectivity index (χ1) is 13.3. The van der Waals surface area contributed by atoms with E-state index in [1.165, 1.54) is 11.8 Å². The van der Waals surface area contributed by atoms with Crippen molar-refractivity contribution in [2.45, 2.75) is 17.1 Å². The van der Waals surface area contributed by atoms with Gasteiger partial charge >= 0.3 is 5.97 Å². The molecule has 2 amide bonds. The van der Waals surface area contributed by atoms with Gasteiger partial charge in [-0.2, -0.15) is 0 Å². The lowest BCUT2D eigenvalue weighted by Gasteiger charge is -2.13. The summed E-state index contributed by atoms with van der Waals surface area (Å²) < 4.78 is 0. The van der Waals surface area contributed by atoms with Crippen LogP contribution in [0.15, 0.2) is 59.5 Å². The molecule has 0 heterocycles. The molecule has 28 heavy (non-hydrogen) atoms. The van der Waals surface area contributed by atoms with Gasteiger partial charge in [-0.1, -0.05) is 29.3 Å². The normalized spacial score (nSPS) is 11.8. The highest BCUT2D eigenvalue weighted by molar-refractivity contribution is 8.00. The predicted molar refractivity (Wildman–Crippen MR) is 112 cm³/mol. The first-order valence-corrected chi connectivity index (χ1v) is 9.63. The summed E-state index contributed by atoms with van der Waals surface area (Å²) in [5.41, 5.74) is 0.950. The van der Waals surface area contributed by atoms with Crippen LogP contribution >= 0.6 is 35.0 Å². The Balaban J connectivity index is 1.93. The molecule has 0 aliphatic carbocycles. The second kappa shape index (κ2) is 10.2. The van der Waals surface area contributed by atoms with E-state index >= 15 is 0 Å². The number of aliphatic carboxylic acids is 1. The summed E-state index contributed by atoms with van der Waals surface area (Å²) in [5.74, 6) is -1.98. The van der Waals surface area contributed by atoms with Crippen molar-refractivity contribution in [3.05, 3.63) is 64.7 Å². The number of amides is 2. The number of carbonyl (C=O) groups is 3. The molecule has 0 radical (unpaired) electrons. The van der Waals surface area contributed by atoms with Crippen molar-refractivity contribution in [2.24, 2.45) is 0 Å². The van der Waals surface area contributed by atoms with E-state index in [9.17, 15) is 14.4 Å². The molecule has 9 heteroatoms. The maximum Gasteiger partial charge on any atom is 0.328 e. The molecule has 0 aliphatic rings. The van der Waals surface area contributed by atoms with Gasteiger partial charge in [0, 0.05) is 22.7 Å². The molecule has 0 saturated carbocycles. The number of nitrogens with one attached hydrogen (secondary N) is 2. The van der Waals surface area contributed by atoms with E-state index in [4.69, 9.17) is 28.3 Å². The predicted octanol–water partition coefficient (Wildman–Crippen LogP) is 4.69. The fourth-order valence-corrected chi connectivity index (χ4v) is 3.26. The topological polar surface area (TPSA) is 95.5 Å². The van der Waals surface area contributed by atoms with Crippen LogP contribution in [0.3, 0.4) is 0 Å². The highest BCUT2D eigenvalue weighted by Crippen LogP contribution is 2.31. The monoisotopic (exact) mass is 438 g/mol. The Morgan fingerprint density at radius 3 is 2.36 bits per heavy atom. The number of carboxylic acids is 1. The molecule has 0 bridgehead atoms. The van der Waals surface area contributed by atoms with E-state index < -0.39 is 17.1 Å². The molecule has 6 nitrogen and oxygen atoms in total. The molecule has 2 aromatic rings. The maximum absolute atomic E-state index is 12.4. The molecule has 2 rings (SSSR count). The van der Waals surface area contributed by atoms with Gasteiger partial charge in [0.1, 0.15) is 0 Å². The third-order valence-electron chi connectivity index (χ3n) is 3.39. The zero-order valence-corrected chi connectivity index (χ0v) is 16.9. The quantitative estimate of drug-likeness (QED) is 0.430. The van der Waals surface area contributed by atoms with Crippen molar-refractivity contribution >= 4 is 64.1 Å². The molecule has 1 atom stereocenters. The zero-order chi connectivity index (χ0) is 20.7. The number of rotatable bonds is 7. The lowest BCUT2D eigenvalue weighted by atomic mass is 10.3. The summed E-state index contributed by atoms with van der Waals surface area (Å²) in [5, 5.41) is 14.0. The van der Waals surface area contributed by atoms with Crippen LogP contribution in [0.25, 0.3) is 0 Å². The van der Waals surface area contributed by atoms with Crippen LogP contribution in [0.5, 0.6) is 0 Å². The largest absolute Gasteiger partial charge is 0.478 e. The van der Waals surface area contributed by atoms with Crippen LogP contribution in [-0.4, -0.2) is 28.1 Å². The van der Waals surface area contributed by atoms with E-state index in [-0.39, 0.29) is 10.9 Å². The van der Waals surface area contributed by atoms with E-state index in [0.29, 0.717) is 16.4 Å². The maximum atomic E-state index is 12.4.